The third-order valence-corrected chi connectivity index (χ3v) is 3.40. The minimum absolute atomic E-state index is 0.251. The predicted octanol–water partition coefficient (Wildman–Crippen LogP) is 4.12. The van der Waals surface area contributed by atoms with Crippen LogP contribution in [0.3, 0.4) is 0 Å². The molecule has 0 aromatic carbocycles. The second kappa shape index (κ2) is 12.7. The molecule has 3 nitrogen and oxygen atoms in total. The first kappa shape index (κ1) is 17.3. The second-order valence-electron chi connectivity index (χ2n) is 5.20. The summed E-state index contributed by atoms with van der Waals surface area (Å²) in [6, 6.07) is 0. The van der Waals surface area contributed by atoms with Crippen LogP contribution in [0, 0.1) is 5.41 Å². The summed E-state index contributed by atoms with van der Waals surface area (Å²) >= 11 is 0. The van der Waals surface area contributed by atoms with E-state index in [2.05, 4.69) is 13.8 Å². The van der Waals surface area contributed by atoms with Crippen molar-refractivity contribution in [1.29, 1.82) is 5.41 Å². The van der Waals surface area contributed by atoms with Crippen molar-refractivity contribution in [3.63, 3.8) is 0 Å². The number of rotatable bonds is 12. The molecule has 108 valence electrons. The second-order valence-corrected chi connectivity index (χ2v) is 5.20. The van der Waals surface area contributed by atoms with Crippen LogP contribution in [0.4, 0.5) is 0 Å². The molecule has 0 saturated heterocycles. The highest BCUT2D eigenvalue weighted by Crippen LogP contribution is 2.06. The molecule has 3 heteroatoms. The first-order chi connectivity index (χ1) is 8.72. The minimum atomic E-state index is 0.251. The molecule has 0 spiro atoms. The first-order valence-corrected chi connectivity index (χ1v) is 7.81. The predicted molar refractivity (Wildman–Crippen MR) is 81.0 cm³/mol. The van der Waals surface area contributed by atoms with Gasteiger partial charge in [-0.15, -0.1) is 0 Å². The number of nitrogens with zero attached hydrogens (tertiary/aromatic N) is 1. The molecule has 18 heavy (non-hydrogen) atoms. The van der Waals surface area contributed by atoms with Gasteiger partial charge in [-0.05, 0) is 12.8 Å². The topological polar surface area (TPSA) is 53.1 Å². The van der Waals surface area contributed by atoms with Crippen LogP contribution in [-0.2, 0) is 0 Å². The molecular formula is C15H33N3. The summed E-state index contributed by atoms with van der Waals surface area (Å²) < 4.78 is 0. The number of guanidine groups is 1. The maximum absolute atomic E-state index is 7.59. The van der Waals surface area contributed by atoms with Crippen molar-refractivity contribution in [3.8, 4) is 0 Å². The largest absolute Gasteiger partial charge is 0.370 e. The molecule has 3 N–H and O–H groups in total. The van der Waals surface area contributed by atoms with Gasteiger partial charge in [-0.3, -0.25) is 5.41 Å². The third-order valence-electron chi connectivity index (χ3n) is 3.40. The number of unbranched alkanes of at least 4 members (excludes halogenated alkanes) is 8. The smallest absolute Gasteiger partial charge is 0.188 e. The summed E-state index contributed by atoms with van der Waals surface area (Å²) in [6.45, 7) is 6.40. The van der Waals surface area contributed by atoms with E-state index in [1.165, 1.54) is 64.2 Å². The van der Waals surface area contributed by atoms with E-state index in [-0.39, 0.29) is 5.96 Å². The lowest BCUT2D eigenvalue weighted by Gasteiger charge is -2.22. The Morgan fingerprint density at radius 2 is 1.17 bits per heavy atom. The van der Waals surface area contributed by atoms with Crippen molar-refractivity contribution in [1.82, 2.24) is 4.90 Å². The summed E-state index contributed by atoms with van der Waals surface area (Å²) in [5.74, 6) is 0.251. The standard InChI is InChI=1S/C15H33N3/c1-3-5-7-9-11-13-18(15(16)17)14-12-10-8-6-4-2/h3-14H2,1-2H3,(H3,16,17). The van der Waals surface area contributed by atoms with E-state index in [9.17, 15) is 0 Å². The van der Waals surface area contributed by atoms with E-state index in [0.29, 0.717) is 0 Å². The van der Waals surface area contributed by atoms with E-state index in [1.807, 2.05) is 4.90 Å². The average Bonchev–Trinajstić information content (AvgIpc) is 2.35. The lowest BCUT2D eigenvalue weighted by Crippen LogP contribution is -2.37. The first-order valence-electron chi connectivity index (χ1n) is 7.81. The fourth-order valence-electron chi connectivity index (χ4n) is 2.17. The fourth-order valence-corrected chi connectivity index (χ4v) is 2.17. The summed E-state index contributed by atoms with van der Waals surface area (Å²) in [7, 11) is 0. The van der Waals surface area contributed by atoms with Crippen LogP contribution in [0.5, 0.6) is 0 Å². The quantitative estimate of drug-likeness (QED) is 0.313. The maximum Gasteiger partial charge on any atom is 0.188 e. The van der Waals surface area contributed by atoms with Crippen molar-refractivity contribution in [2.24, 2.45) is 5.73 Å². The molecule has 0 aliphatic carbocycles. The summed E-state index contributed by atoms with van der Waals surface area (Å²) in [5.41, 5.74) is 5.63. The summed E-state index contributed by atoms with van der Waals surface area (Å²) in [4.78, 5) is 2.04. The SMILES string of the molecule is CCCCCCCN(CCCCCCC)C(=N)N. The lowest BCUT2D eigenvalue weighted by molar-refractivity contribution is 0.379. The van der Waals surface area contributed by atoms with E-state index in [0.717, 1.165) is 13.1 Å². The Bertz CT molecular complexity index is 178. The molecular weight excluding hydrogens is 222 g/mol. The molecule has 0 atom stereocenters. The zero-order valence-electron chi connectivity index (χ0n) is 12.5. The highest BCUT2D eigenvalue weighted by Gasteiger charge is 2.05. The van der Waals surface area contributed by atoms with Gasteiger partial charge in [-0.25, -0.2) is 0 Å². The van der Waals surface area contributed by atoms with Crippen LogP contribution in [0.1, 0.15) is 78.1 Å². The number of nitrogens with two attached hydrogens (primary N) is 1. The molecule has 0 aliphatic rings. The van der Waals surface area contributed by atoms with Crippen molar-refractivity contribution in [3.05, 3.63) is 0 Å². The average molecular weight is 255 g/mol. The van der Waals surface area contributed by atoms with Crippen LogP contribution in [0.2, 0.25) is 0 Å². The normalized spacial score (nSPS) is 10.6. The number of nitrogens with one attached hydrogen (secondary N) is 1. The highest BCUT2D eigenvalue weighted by molar-refractivity contribution is 5.74. The Labute approximate surface area is 114 Å². The number of hydrogen-bond donors (Lipinski definition) is 2. The Hall–Kier alpha value is -0.730. The van der Waals surface area contributed by atoms with Gasteiger partial charge in [-0.1, -0.05) is 65.2 Å². The lowest BCUT2D eigenvalue weighted by atomic mass is 10.1. The maximum atomic E-state index is 7.59. The molecule has 0 heterocycles. The Morgan fingerprint density at radius 3 is 1.50 bits per heavy atom. The number of hydrogen-bond acceptors (Lipinski definition) is 1. The molecule has 0 saturated carbocycles. The van der Waals surface area contributed by atoms with Gasteiger partial charge in [0.1, 0.15) is 0 Å². The van der Waals surface area contributed by atoms with Gasteiger partial charge in [0.25, 0.3) is 0 Å². The van der Waals surface area contributed by atoms with Gasteiger partial charge in [0.15, 0.2) is 5.96 Å². The molecule has 0 amide bonds. The Balaban J connectivity index is 3.56. The van der Waals surface area contributed by atoms with Gasteiger partial charge >= 0.3 is 0 Å². The summed E-state index contributed by atoms with van der Waals surface area (Å²) in [5, 5.41) is 7.59. The molecule has 0 aromatic rings. The van der Waals surface area contributed by atoms with Crippen LogP contribution < -0.4 is 5.73 Å². The van der Waals surface area contributed by atoms with Gasteiger partial charge in [0.05, 0.1) is 0 Å². The molecule has 0 aliphatic heterocycles. The van der Waals surface area contributed by atoms with E-state index < -0.39 is 0 Å². The van der Waals surface area contributed by atoms with Crippen molar-refractivity contribution in [2.45, 2.75) is 78.1 Å². The molecule has 0 bridgehead atoms. The molecule has 0 aromatic heterocycles. The molecule has 0 fully saturated rings. The van der Waals surface area contributed by atoms with E-state index >= 15 is 0 Å². The molecule has 0 rings (SSSR count). The van der Waals surface area contributed by atoms with E-state index in [1.54, 1.807) is 0 Å². The van der Waals surface area contributed by atoms with Gasteiger partial charge in [0, 0.05) is 13.1 Å². The van der Waals surface area contributed by atoms with Crippen LogP contribution in [0.25, 0.3) is 0 Å². The van der Waals surface area contributed by atoms with Crippen molar-refractivity contribution in [2.75, 3.05) is 13.1 Å². The minimum Gasteiger partial charge on any atom is -0.370 e. The van der Waals surface area contributed by atoms with Gasteiger partial charge < -0.3 is 10.6 Å². The highest BCUT2D eigenvalue weighted by atomic mass is 15.2. The van der Waals surface area contributed by atoms with Crippen molar-refractivity contribution >= 4 is 5.96 Å². The zero-order valence-corrected chi connectivity index (χ0v) is 12.5. The van der Waals surface area contributed by atoms with Crippen LogP contribution >= 0.6 is 0 Å². The van der Waals surface area contributed by atoms with Crippen LogP contribution in [0.15, 0.2) is 0 Å². The van der Waals surface area contributed by atoms with Crippen molar-refractivity contribution < 1.29 is 0 Å². The molecule has 0 unspecified atom stereocenters. The van der Waals surface area contributed by atoms with Gasteiger partial charge in [0.2, 0.25) is 0 Å². The Kier molecular flexibility index (Phi) is 12.2. The van der Waals surface area contributed by atoms with Gasteiger partial charge in [-0.2, -0.15) is 0 Å². The zero-order chi connectivity index (χ0) is 13.6. The fraction of sp³-hybridized carbons (Fsp3) is 0.933. The third kappa shape index (κ3) is 10.4. The Morgan fingerprint density at radius 1 is 0.778 bits per heavy atom. The summed E-state index contributed by atoms with van der Waals surface area (Å²) in [6.07, 6.45) is 12.8. The monoisotopic (exact) mass is 255 g/mol. The van der Waals surface area contributed by atoms with E-state index in [4.69, 9.17) is 11.1 Å². The molecule has 0 radical (unpaired) electrons. The van der Waals surface area contributed by atoms with Crippen LogP contribution in [-0.4, -0.2) is 23.9 Å².